The molecule has 0 spiro atoms. The first kappa shape index (κ1) is 48.0. The number of hydrogen-bond acceptors (Lipinski definition) is 5. The van der Waals surface area contributed by atoms with E-state index in [1.54, 1.807) is 0 Å². The second-order valence-corrected chi connectivity index (χ2v) is 15.0. The predicted molar refractivity (Wildman–Crippen MR) is 210 cm³/mol. The highest BCUT2D eigenvalue weighted by Crippen LogP contribution is 2.16. The second kappa shape index (κ2) is 38.3. The summed E-state index contributed by atoms with van der Waals surface area (Å²) < 4.78 is 0. The zero-order valence-corrected chi connectivity index (χ0v) is 32.7. The number of allylic oxidation sites excluding steroid dienone is 2. The average Bonchev–Trinajstić information content (AvgIpc) is 3.11. The van der Waals surface area contributed by atoms with E-state index in [9.17, 15) is 25.2 Å². The molecule has 0 saturated heterocycles. The van der Waals surface area contributed by atoms with Crippen LogP contribution in [0.15, 0.2) is 12.2 Å². The van der Waals surface area contributed by atoms with E-state index in [1.807, 2.05) is 0 Å². The molecule has 0 aliphatic carbocycles. The van der Waals surface area contributed by atoms with Crippen LogP contribution in [-0.2, 0) is 4.79 Å². The van der Waals surface area contributed by atoms with Crippen LogP contribution in [0.25, 0.3) is 0 Å². The third kappa shape index (κ3) is 32.7. The molecule has 4 atom stereocenters. The first-order valence-corrected chi connectivity index (χ1v) is 21.6. The Kier molecular flexibility index (Phi) is 37.5. The van der Waals surface area contributed by atoms with Crippen molar-refractivity contribution < 1.29 is 25.2 Å². The van der Waals surface area contributed by atoms with Crippen LogP contribution in [-0.4, -0.2) is 57.3 Å². The molecule has 49 heavy (non-hydrogen) atoms. The largest absolute Gasteiger partial charge is 0.394 e. The summed E-state index contributed by atoms with van der Waals surface area (Å²) in [4.78, 5) is 12.5. The van der Waals surface area contributed by atoms with Gasteiger partial charge in [-0.1, -0.05) is 199 Å². The van der Waals surface area contributed by atoms with Crippen LogP contribution < -0.4 is 5.32 Å². The van der Waals surface area contributed by atoms with Gasteiger partial charge in [0.15, 0.2) is 0 Å². The predicted octanol–water partition coefficient (Wildman–Crippen LogP) is 11.0. The fraction of sp³-hybridized carbons (Fsp3) is 0.930. The van der Waals surface area contributed by atoms with Gasteiger partial charge in [0.05, 0.1) is 18.8 Å². The van der Waals surface area contributed by atoms with Crippen LogP contribution in [0.4, 0.5) is 0 Å². The molecule has 0 radical (unpaired) electrons. The van der Waals surface area contributed by atoms with Crippen LogP contribution >= 0.6 is 0 Å². The third-order valence-corrected chi connectivity index (χ3v) is 10.2. The topological polar surface area (TPSA) is 110 Å². The van der Waals surface area contributed by atoms with Crippen LogP contribution in [0.1, 0.15) is 226 Å². The zero-order valence-electron chi connectivity index (χ0n) is 32.7. The van der Waals surface area contributed by atoms with Crippen LogP contribution in [0.3, 0.4) is 0 Å². The summed E-state index contributed by atoms with van der Waals surface area (Å²) in [6, 6.07) is -0.996. The monoisotopic (exact) mass is 696 g/mol. The highest BCUT2D eigenvalue weighted by Gasteiger charge is 2.28. The van der Waals surface area contributed by atoms with E-state index >= 15 is 0 Å². The van der Waals surface area contributed by atoms with E-state index < -0.39 is 36.9 Å². The molecule has 0 saturated carbocycles. The Labute approximate surface area is 304 Å². The van der Waals surface area contributed by atoms with Gasteiger partial charge in [-0.05, 0) is 38.5 Å². The number of hydrogen-bond donors (Lipinski definition) is 5. The van der Waals surface area contributed by atoms with Crippen molar-refractivity contribution in [2.75, 3.05) is 6.61 Å². The summed E-state index contributed by atoms with van der Waals surface area (Å²) >= 11 is 0. The van der Waals surface area contributed by atoms with Crippen LogP contribution in [0, 0.1) is 0 Å². The SMILES string of the molecule is CCCCCCCCCC/C=C/CCCC(O)C(O)C(CO)NC(=O)C(O)CCCCCCCCCCCCCCCCCCCCCC. The summed E-state index contributed by atoms with van der Waals surface area (Å²) in [5, 5.41) is 43.6. The van der Waals surface area contributed by atoms with E-state index in [-0.39, 0.29) is 0 Å². The Hall–Kier alpha value is -0.950. The minimum absolute atomic E-state index is 0.368. The van der Waals surface area contributed by atoms with Gasteiger partial charge in [-0.25, -0.2) is 0 Å². The van der Waals surface area contributed by atoms with Gasteiger partial charge in [-0.2, -0.15) is 0 Å². The fourth-order valence-electron chi connectivity index (χ4n) is 6.76. The lowest BCUT2D eigenvalue weighted by molar-refractivity contribution is -0.132. The molecule has 0 aromatic rings. The number of carbonyl (C=O) groups excluding carboxylic acids is 1. The summed E-state index contributed by atoms with van der Waals surface area (Å²) in [6.45, 7) is 4.04. The minimum Gasteiger partial charge on any atom is -0.394 e. The van der Waals surface area contributed by atoms with Crippen molar-refractivity contribution in [2.45, 2.75) is 250 Å². The molecule has 0 aliphatic heterocycles. The average molecular weight is 696 g/mol. The van der Waals surface area contributed by atoms with Crippen LogP contribution in [0.5, 0.6) is 0 Å². The minimum atomic E-state index is -1.28. The highest BCUT2D eigenvalue weighted by atomic mass is 16.3. The molecule has 0 heterocycles. The van der Waals surface area contributed by atoms with Gasteiger partial charge in [0.25, 0.3) is 0 Å². The number of amides is 1. The lowest BCUT2D eigenvalue weighted by atomic mass is 10.00. The molecule has 0 aromatic carbocycles. The number of rotatable bonds is 39. The van der Waals surface area contributed by atoms with Gasteiger partial charge in [-0.15, -0.1) is 0 Å². The number of unbranched alkanes of at least 4 members (excludes halogenated alkanes) is 28. The van der Waals surface area contributed by atoms with Crippen molar-refractivity contribution in [3.05, 3.63) is 12.2 Å². The Morgan fingerprint density at radius 3 is 1.22 bits per heavy atom. The Morgan fingerprint density at radius 2 is 0.837 bits per heavy atom. The van der Waals surface area contributed by atoms with Crippen molar-refractivity contribution >= 4 is 5.91 Å². The smallest absolute Gasteiger partial charge is 0.249 e. The first-order valence-electron chi connectivity index (χ1n) is 21.6. The summed E-state index contributed by atoms with van der Waals surface area (Å²) in [5.74, 6) is -0.591. The second-order valence-electron chi connectivity index (χ2n) is 15.0. The molecular weight excluding hydrogens is 610 g/mol. The van der Waals surface area contributed by atoms with Crippen LogP contribution in [0.2, 0.25) is 0 Å². The molecule has 6 heteroatoms. The summed E-state index contributed by atoms with van der Waals surface area (Å²) in [6.07, 6.45) is 41.0. The molecule has 0 rings (SSSR count). The quantitative estimate of drug-likeness (QED) is 0.0325. The maximum absolute atomic E-state index is 12.5. The van der Waals surface area contributed by atoms with Gasteiger partial charge in [0.1, 0.15) is 12.2 Å². The Morgan fingerprint density at radius 1 is 0.490 bits per heavy atom. The van der Waals surface area contributed by atoms with Crippen molar-refractivity contribution in [3.63, 3.8) is 0 Å². The normalized spacial score (nSPS) is 14.3. The lowest BCUT2D eigenvalue weighted by Crippen LogP contribution is -2.53. The molecular formula is C43H85NO5. The number of carbonyl (C=O) groups is 1. The molecule has 5 N–H and O–H groups in total. The van der Waals surface area contributed by atoms with Crippen molar-refractivity contribution in [2.24, 2.45) is 0 Å². The number of aliphatic hydroxyl groups is 4. The van der Waals surface area contributed by atoms with Gasteiger partial charge in [-0.3, -0.25) is 4.79 Å². The highest BCUT2D eigenvalue weighted by molar-refractivity contribution is 5.80. The Bertz CT molecular complexity index is 702. The molecule has 0 aromatic heterocycles. The van der Waals surface area contributed by atoms with E-state index in [2.05, 4.69) is 31.3 Å². The van der Waals surface area contributed by atoms with E-state index in [4.69, 9.17) is 0 Å². The standard InChI is InChI=1S/C43H85NO5/c1-3-5-7-9-11-13-15-17-18-19-20-21-22-23-25-27-29-31-33-35-37-41(47)43(49)44-39(38-45)42(48)40(46)36-34-32-30-28-26-24-16-14-12-10-8-6-4-2/h28,30,39-42,45-48H,3-27,29,31-38H2,1-2H3,(H,44,49)/b30-28+. The fourth-order valence-corrected chi connectivity index (χ4v) is 6.76. The van der Waals surface area contributed by atoms with Gasteiger partial charge < -0.3 is 25.7 Å². The molecule has 6 nitrogen and oxygen atoms in total. The number of nitrogens with one attached hydrogen (secondary N) is 1. The molecule has 0 aliphatic rings. The van der Waals surface area contributed by atoms with Crippen molar-refractivity contribution in [1.82, 2.24) is 5.32 Å². The first-order chi connectivity index (χ1) is 24.0. The zero-order chi connectivity index (χ0) is 36.0. The van der Waals surface area contributed by atoms with E-state index in [0.717, 1.165) is 38.5 Å². The molecule has 1 amide bonds. The van der Waals surface area contributed by atoms with Gasteiger partial charge >= 0.3 is 0 Å². The number of aliphatic hydroxyl groups excluding tert-OH is 4. The van der Waals surface area contributed by atoms with Crippen molar-refractivity contribution in [1.29, 1.82) is 0 Å². The maximum Gasteiger partial charge on any atom is 0.249 e. The summed E-state index contributed by atoms with van der Waals surface area (Å²) in [5.41, 5.74) is 0. The van der Waals surface area contributed by atoms with Gasteiger partial charge in [0, 0.05) is 0 Å². The van der Waals surface area contributed by atoms with Gasteiger partial charge in [0.2, 0.25) is 5.91 Å². The summed E-state index contributed by atoms with van der Waals surface area (Å²) in [7, 11) is 0. The van der Waals surface area contributed by atoms with Crippen molar-refractivity contribution in [3.8, 4) is 0 Å². The molecule has 4 unspecified atom stereocenters. The molecule has 292 valence electrons. The molecule has 0 fully saturated rings. The maximum atomic E-state index is 12.5. The Balaban J connectivity index is 3.73. The lowest BCUT2D eigenvalue weighted by Gasteiger charge is -2.27. The third-order valence-electron chi connectivity index (χ3n) is 10.2. The molecule has 0 bridgehead atoms. The van der Waals surface area contributed by atoms with E-state index in [0.29, 0.717) is 12.8 Å². The van der Waals surface area contributed by atoms with E-state index in [1.165, 1.54) is 161 Å².